The average Bonchev–Trinajstić information content (AvgIpc) is 2.11. The molecule has 0 aromatic heterocycles. The summed E-state index contributed by atoms with van der Waals surface area (Å²) in [6, 6.07) is 5.84. The van der Waals surface area contributed by atoms with E-state index in [1.54, 1.807) is 6.07 Å². The lowest BCUT2D eigenvalue weighted by Gasteiger charge is -2.26. The van der Waals surface area contributed by atoms with Gasteiger partial charge in [0.15, 0.2) is 0 Å². The topological polar surface area (TPSA) is 29.1 Å². The third kappa shape index (κ3) is 2.45. The first-order chi connectivity index (χ1) is 7.18. The standard InChI is InChI=1S/C11H11ClINO/c12-8-5-2-6-9(13)10(8)11(15)14-7-3-1-4-7/h2,5-7H,1,3-4H2,(H,14,15). The maximum Gasteiger partial charge on any atom is 0.254 e. The molecular formula is C11H11ClINO. The van der Waals surface area contributed by atoms with E-state index < -0.39 is 0 Å². The SMILES string of the molecule is O=C(NC1CCC1)c1c(Cl)cccc1I. The molecule has 1 aliphatic carbocycles. The van der Waals surface area contributed by atoms with Crippen LogP contribution in [0.5, 0.6) is 0 Å². The predicted molar refractivity (Wildman–Crippen MR) is 69.3 cm³/mol. The van der Waals surface area contributed by atoms with E-state index in [-0.39, 0.29) is 5.91 Å². The van der Waals surface area contributed by atoms with Gasteiger partial charge >= 0.3 is 0 Å². The van der Waals surface area contributed by atoms with Crippen molar-refractivity contribution in [3.8, 4) is 0 Å². The zero-order valence-corrected chi connectivity index (χ0v) is 11.0. The van der Waals surface area contributed by atoms with Crippen molar-refractivity contribution < 1.29 is 4.79 Å². The lowest BCUT2D eigenvalue weighted by Crippen LogP contribution is -2.39. The molecule has 0 aliphatic heterocycles. The van der Waals surface area contributed by atoms with Gasteiger partial charge in [-0.3, -0.25) is 4.79 Å². The molecule has 0 bridgehead atoms. The second-order valence-corrected chi connectivity index (χ2v) is 5.27. The largest absolute Gasteiger partial charge is 0.349 e. The van der Waals surface area contributed by atoms with Crippen LogP contribution in [0.2, 0.25) is 5.02 Å². The molecule has 0 atom stereocenters. The fraction of sp³-hybridized carbons (Fsp3) is 0.364. The molecular weight excluding hydrogens is 324 g/mol. The van der Waals surface area contributed by atoms with Gasteiger partial charge in [0.2, 0.25) is 0 Å². The Morgan fingerprint density at radius 2 is 2.20 bits per heavy atom. The molecule has 4 heteroatoms. The van der Waals surface area contributed by atoms with Gasteiger partial charge in [0.25, 0.3) is 5.91 Å². The highest BCUT2D eigenvalue weighted by atomic mass is 127. The molecule has 0 radical (unpaired) electrons. The molecule has 0 spiro atoms. The van der Waals surface area contributed by atoms with Gasteiger partial charge in [0, 0.05) is 9.61 Å². The minimum atomic E-state index is -0.0466. The van der Waals surface area contributed by atoms with Gasteiger partial charge in [0.05, 0.1) is 10.6 Å². The van der Waals surface area contributed by atoms with Crippen LogP contribution >= 0.6 is 34.2 Å². The monoisotopic (exact) mass is 335 g/mol. The fourth-order valence-electron chi connectivity index (χ4n) is 1.52. The van der Waals surface area contributed by atoms with Crippen molar-refractivity contribution in [3.05, 3.63) is 32.4 Å². The van der Waals surface area contributed by atoms with E-state index in [2.05, 4.69) is 27.9 Å². The maximum absolute atomic E-state index is 11.9. The third-order valence-electron chi connectivity index (χ3n) is 2.63. The normalized spacial score (nSPS) is 15.9. The van der Waals surface area contributed by atoms with Gasteiger partial charge in [0.1, 0.15) is 0 Å². The van der Waals surface area contributed by atoms with Gasteiger partial charge < -0.3 is 5.32 Å². The van der Waals surface area contributed by atoms with Crippen LogP contribution in [0.4, 0.5) is 0 Å². The summed E-state index contributed by atoms with van der Waals surface area (Å²) in [5.41, 5.74) is 0.603. The molecule has 15 heavy (non-hydrogen) atoms. The minimum Gasteiger partial charge on any atom is -0.349 e. The van der Waals surface area contributed by atoms with Gasteiger partial charge in [-0.1, -0.05) is 17.7 Å². The summed E-state index contributed by atoms with van der Waals surface area (Å²) in [7, 11) is 0. The van der Waals surface area contributed by atoms with Crippen molar-refractivity contribution in [2.45, 2.75) is 25.3 Å². The van der Waals surface area contributed by atoms with Crippen LogP contribution in [0.15, 0.2) is 18.2 Å². The van der Waals surface area contributed by atoms with Gasteiger partial charge in [-0.15, -0.1) is 0 Å². The Kier molecular flexibility index (Phi) is 3.51. The quantitative estimate of drug-likeness (QED) is 0.826. The summed E-state index contributed by atoms with van der Waals surface area (Å²) < 4.78 is 0.900. The second-order valence-electron chi connectivity index (χ2n) is 3.70. The Hall–Kier alpha value is -0.290. The first-order valence-corrected chi connectivity index (χ1v) is 6.39. The highest BCUT2D eigenvalue weighted by Crippen LogP contribution is 2.23. The van der Waals surface area contributed by atoms with Gasteiger partial charge in [-0.25, -0.2) is 0 Å². The number of carbonyl (C=O) groups is 1. The Labute approximate surface area is 108 Å². The van der Waals surface area contributed by atoms with Crippen LogP contribution in [-0.4, -0.2) is 11.9 Å². The van der Waals surface area contributed by atoms with Crippen LogP contribution in [0, 0.1) is 3.57 Å². The van der Waals surface area contributed by atoms with E-state index in [1.165, 1.54) is 6.42 Å². The molecule has 1 fully saturated rings. The van der Waals surface area contributed by atoms with Crippen LogP contribution in [-0.2, 0) is 0 Å². The number of carbonyl (C=O) groups excluding carboxylic acids is 1. The van der Waals surface area contributed by atoms with E-state index >= 15 is 0 Å². The molecule has 0 saturated heterocycles. The number of hydrogen-bond acceptors (Lipinski definition) is 1. The van der Waals surface area contributed by atoms with E-state index in [0.717, 1.165) is 16.4 Å². The Morgan fingerprint density at radius 1 is 1.47 bits per heavy atom. The number of rotatable bonds is 2. The van der Waals surface area contributed by atoms with Crippen LogP contribution in [0.3, 0.4) is 0 Å². The molecule has 1 N–H and O–H groups in total. The van der Waals surface area contributed by atoms with E-state index in [1.807, 2.05) is 12.1 Å². The van der Waals surface area contributed by atoms with Crippen molar-refractivity contribution >= 4 is 40.1 Å². The smallest absolute Gasteiger partial charge is 0.254 e. The Balaban J connectivity index is 2.16. The Bertz CT molecular complexity index is 370. The van der Waals surface area contributed by atoms with Crippen molar-refractivity contribution in [3.63, 3.8) is 0 Å². The summed E-state index contributed by atoms with van der Waals surface area (Å²) in [6.45, 7) is 0. The maximum atomic E-state index is 11.9. The molecule has 1 aliphatic rings. The number of halogens is 2. The molecule has 0 heterocycles. The summed E-state index contributed by atoms with van der Waals surface area (Å²) in [5.74, 6) is -0.0466. The first-order valence-electron chi connectivity index (χ1n) is 4.93. The van der Waals surface area contributed by atoms with Crippen LogP contribution < -0.4 is 5.32 Å². The number of benzene rings is 1. The lowest BCUT2D eigenvalue weighted by molar-refractivity contribution is 0.0916. The fourth-order valence-corrected chi connectivity index (χ4v) is 2.69. The number of hydrogen-bond donors (Lipinski definition) is 1. The third-order valence-corrected chi connectivity index (χ3v) is 3.84. The van der Waals surface area contributed by atoms with Gasteiger partial charge in [-0.05, 0) is 54.0 Å². The molecule has 0 unspecified atom stereocenters. The highest BCUT2D eigenvalue weighted by molar-refractivity contribution is 14.1. The van der Waals surface area contributed by atoms with Crippen LogP contribution in [0.1, 0.15) is 29.6 Å². The molecule has 80 valence electrons. The molecule has 1 aromatic rings. The second kappa shape index (κ2) is 4.70. The van der Waals surface area contributed by atoms with E-state index in [0.29, 0.717) is 16.6 Å². The van der Waals surface area contributed by atoms with Crippen molar-refractivity contribution in [2.24, 2.45) is 0 Å². The lowest BCUT2D eigenvalue weighted by atomic mass is 9.93. The average molecular weight is 336 g/mol. The van der Waals surface area contributed by atoms with E-state index in [9.17, 15) is 4.79 Å². The predicted octanol–water partition coefficient (Wildman–Crippen LogP) is 3.23. The van der Waals surface area contributed by atoms with E-state index in [4.69, 9.17) is 11.6 Å². The zero-order chi connectivity index (χ0) is 10.8. The molecule has 1 aromatic carbocycles. The minimum absolute atomic E-state index is 0.0466. The summed E-state index contributed by atoms with van der Waals surface area (Å²) in [6.07, 6.45) is 3.39. The molecule has 2 rings (SSSR count). The molecule has 1 saturated carbocycles. The molecule has 1 amide bonds. The first kappa shape index (κ1) is 11.2. The summed E-state index contributed by atoms with van der Waals surface area (Å²) >= 11 is 8.14. The number of amides is 1. The Morgan fingerprint density at radius 3 is 2.73 bits per heavy atom. The van der Waals surface area contributed by atoms with Crippen molar-refractivity contribution in [1.29, 1.82) is 0 Å². The highest BCUT2D eigenvalue weighted by Gasteiger charge is 2.22. The molecule has 2 nitrogen and oxygen atoms in total. The summed E-state index contributed by atoms with van der Waals surface area (Å²) in [4.78, 5) is 11.9. The summed E-state index contributed by atoms with van der Waals surface area (Å²) in [5, 5.41) is 3.51. The van der Waals surface area contributed by atoms with Crippen molar-refractivity contribution in [2.75, 3.05) is 0 Å². The van der Waals surface area contributed by atoms with Crippen molar-refractivity contribution in [1.82, 2.24) is 5.32 Å². The van der Waals surface area contributed by atoms with Crippen LogP contribution in [0.25, 0.3) is 0 Å². The zero-order valence-electron chi connectivity index (χ0n) is 8.09. The number of nitrogens with one attached hydrogen (secondary N) is 1. The van der Waals surface area contributed by atoms with Gasteiger partial charge in [-0.2, -0.15) is 0 Å².